The quantitative estimate of drug-likeness (QED) is 0.636. The van der Waals surface area contributed by atoms with E-state index in [-0.39, 0.29) is 6.42 Å². The first-order valence-corrected chi connectivity index (χ1v) is 9.79. The van der Waals surface area contributed by atoms with Crippen molar-refractivity contribution in [1.29, 1.82) is 0 Å². The van der Waals surface area contributed by atoms with Crippen molar-refractivity contribution in [3.8, 4) is 0 Å². The number of carbonyl (C=O) groups excluding carboxylic acids is 1. The summed E-state index contributed by atoms with van der Waals surface area (Å²) in [5.74, 6) is -0.810. The molecule has 0 radical (unpaired) electrons. The van der Waals surface area contributed by atoms with Crippen LogP contribution in [0.1, 0.15) is 12.0 Å². The Balaban J connectivity index is 1.87. The molecule has 27 heavy (non-hydrogen) atoms. The highest BCUT2D eigenvalue weighted by Gasteiger charge is 2.16. The highest BCUT2D eigenvalue weighted by atomic mass is 32.2. The number of fused-ring (bicyclic) bond motifs is 1. The number of nitrogens with two attached hydrogens (primary N) is 1. The minimum Gasteiger partial charge on any atom is -0.772 e. The summed E-state index contributed by atoms with van der Waals surface area (Å²) in [7, 11) is 2.02. The Bertz CT molecular complexity index is 962. The maximum absolute atomic E-state index is 11.3. The van der Waals surface area contributed by atoms with Gasteiger partial charge in [0.25, 0.3) is 0 Å². The third-order valence-electron chi connectivity index (χ3n) is 4.71. The lowest BCUT2D eigenvalue weighted by Gasteiger charge is -2.20. The Kier molecular flexibility index (Phi) is 5.88. The average molecular weight is 381 g/mol. The average Bonchev–Trinajstić information content (AvgIpc) is 2.67. The molecule has 0 saturated heterocycles. The molecular weight excluding hydrogens is 360 g/mol. The zero-order chi connectivity index (χ0) is 19.4. The molecule has 140 valence electrons. The Morgan fingerprint density at radius 3 is 2.48 bits per heavy atom. The summed E-state index contributed by atoms with van der Waals surface area (Å²) in [6.45, 7) is 0. The summed E-state index contributed by atoms with van der Waals surface area (Å²) in [6, 6.07) is 22.2. The Morgan fingerprint density at radius 1 is 1.07 bits per heavy atom. The minimum atomic E-state index is -2.50. The Morgan fingerprint density at radius 2 is 1.81 bits per heavy atom. The number of rotatable bonds is 7. The Hall–Kier alpha value is -2.70. The lowest BCUT2D eigenvalue weighted by molar-refractivity contribution is -0.117. The molecule has 0 saturated carbocycles. The topological polar surface area (TPSA) is 86.5 Å². The summed E-state index contributed by atoms with van der Waals surface area (Å²) in [5.41, 5.74) is 8.33. The number of hydrogen-bond donors (Lipinski definition) is 1. The van der Waals surface area contributed by atoms with Crippen molar-refractivity contribution in [2.24, 2.45) is 5.73 Å². The fourth-order valence-corrected chi connectivity index (χ4v) is 3.69. The number of anilines is 2. The van der Waals surface area contributed by atoms with Gasteiger partial charge in [0.15, 0.2) is 0 Å². The molecule has 3 rings (SSSR count). The molecule has 2 unspecified atom stereocenters. The smallest absolute Gasteiger partial charge is 0.232 e. The molecule has 0 spiro atoms. The lowest BCUT2D eigenvalue weighted by atomic mass is 9.99. The van der Waals surface area contributed by atoms with Gasteiger partial charge in [0.2, 0.25) is 5.91 Å². The maximum atomic E-state index is 11.3. The van der Waals surface area contributed by atoms with Gasteiger partial charge < -0.3 is 15.2 Å². The number of benzene rings is 3. The molecule has 3 aromatic carbocycles. The lowest BCUT2D eigenvalue weighted by Crippen LogP contribution is -2.32. The van der Waals surface area contributed by atoms with Crippen LogP contribution in [0.5, 0.6) is 0 Å². The predicted octanol–water partition coefficient (Wildman–Crippen LogP) is 3.27. The molecule has 1 amide bonds. The standard InChI is InChI=1S/C21H22N2O3S/c1-23(17-8-3-2-4-9-17)18-11-12-19-15(6-5-7-16(19)14-18)10-13-20(21(22)24)27(25)26/h2-9,11-12,14,20H,10,13H2,1H3,(H2,22,24)(H,25,26)/p-1. The van der Waals surface area contributed by atoms with Crippen LogP contribution in [0.15, 0.2) is 66.7 Å². The van der Waals surface area contributed by atoms with Crippen LogP contribution in [0.4, 0.5) is 11.4 Å². The van der Waals surface area contributed by atoms with E-state index in [2.05, 4.69) is 11.0 Å². The second-order valence-electron chi connectivity index (χ2n) is 6.41. The van der Waals surface area contributed by atoms with E-state index in [1.807, 2.05) is 67.7 Å². The zero-order valence-corrected chi connectivity index (χ0v) is 15.8. The number of para-hydroxylation sites is 1. The SMILES string of the molecule is CN(c1ccccc1)c1ccc2c(CCC(C(N)=O)S(=O)[O-])cccc2c1. The predicted molar refractivity (Wildman–Crippen MR) is 109 cm³/mol. The van der Waals surface area contributed by atoms with Gasteiger partial charge in [-0.2, -0.15) is 0 Å². The summed E-state index contributed by atoms with van der Waals surface area (Å²) >= 11 is -2.50. The van der Waals surface area contributed by atoms with Crippen LogP contribution >= 0.6 is 0 Å². The molecule has 0 aliphatic rings. The first-order valence-electron chi connectivity index (χ1n) is 8.65. The third kappa shape index (κ3) is 4.35. The van der Waals surface area contributed by atoms with Gasteiger partial charge in [-0.1, -0.05) is 42.5 Å². The van der Waals surface area contributed by atoms with E-state index < -0.39 is 22.2 Å². The van der Waals surface area contributed by atoms with Gasteiger partial charge in [0.1, 0.15) is 5.25 Å². The number of hydrogen-bond acceptors (Lipinski definition) is 4. The highest BCUT2D eigenvalue weighted by molar-refractivity contribution is 7.80. The molecule has 2 atom stereocenters. The van der Waals surface area contributed by atoms with Crippen LogP contribution in [-0.2, 0) is 22.3 Å². The van der Waals surface area contributed by atoms with Crippen molar-refractivity contribution in [2.75, 3.05) is 11.9 Å². The van der Waals surface area contributed by atoms with Crippen LogP contribution < -0.4 is 10.6 Å². The van der Waals surface area contributed by atoms with Crippen LogP contribution in [0.2, 0.25) is 0 Å². The molecule has 6 heteroatoms. The largest absolute Gasteiger partial charge is 0.772 e. The van der Waals surface area contributed by atoms with Crippen molar-refractivity contribution < 1.29 is 13.6 Å². The second kappa shape index (κ2) is 8.33. The van der Waals surface area contributed by atoms with Gasteiger partial charge in [0.05, 0.1) is 0 Å². The summed E-state index contributed by atoms with van der Waals surface area (Å²) in [6.07, 6.45) is 0.642. The van der Waals surface area contributed by atoms with E-state index in [0.29, 0.717) is 6.42 Å². The summed E-state index contributed by atoms with van der Waals surface area (Å²) < 4.78 is 22.3. The second-order valence-corrected chi connectivity index (χ2v) is 7.50. The van der Waals surface area contributed by atoms with Gasteiger partial charge in [-0.05, 0) is 64.5 Å². The minimum absolute atomic E-state index is 0.177. The molecular formula is C21H21N2O3S-. The van der Waals surface area contributed by atoms with Crippen molar-refractivity contribution in [3.05, 3.63) is 72.3 Å². The molecule has 0 aliphatic heterocycles. The van der Waals surface area contributed by atoms with Gasteiger partial charge in [-0.15, -0.1) is 0 Å². The first-order chi connectivity index (χ1) is 13.0. The van der Waals surface area contributed by atoms with Crippen LogP contribution in [0, 0.1) is 0 Å². The van der Waals surface area contributed by atoms with Crippen LogP contribution in [0.25, 0.3) is 10.8 Å². The van der Waals surface area contributed by atoms with E-state index >= 15 is 0 Å². The maximum Gasteiger partial charge on any atom is 0.232 e. The van der Waals surface area contributed by atoms with Crippen molar-refractivity contribution >= 4 is 39.1 Å². The van der Waals surface area contributed by atoms with Crippen molar-refractivity contribution in [2.45, 2.75) is 18.1 Å². The summed E-state index contributed by atoms with van der Waals surface area (Å²) in [4.78, 5) is 13.4. The fraction of sp³-hybridized carbons (Fsp3) is 0.190. The molecule has 0 fully saturated rings. The Labute approximate surface area is 161 Å². The molecule has 2 N–H and O–H groups in total. The van der Waals surface area contributed by atoms with Crippen molar-refractivity contribution in [3.63, 3.8) is 0 Å². The van der Waals surface area contributed by atoms with E-state index in [1.165, 1.54) is 0 Å². The molecule has 0 bridgehead atoms. The number of primary amides is 1. The normalized spacial score (nSPS) is 13.3. The number of nitrogens with zero attached hydrogens (tertiary/aromatic N) is 1. The van der Waals surface area contributed by atoms with Crippen molar-refractivity contribution in [1.82, 2.24) is 0 Å². The first kappa shape index (κ1) is 19.1. The van der Waals surface area contributed by atoms with Crippen LogP contribution in [0.3, 0.4) is 0 Å². The highest BCUT2D eigenvalue weighted by Crippen LogP contribution is 2.29. The van der Waals surface area contributed by atoms with Gasteiger partial charge in [-0.3, -0.25) is 9.00 Å². The molecule has 0 heterocycles. The van der Waals surface area contributed by atoms with E-state index in [1.54, 1.807) is 0 Å². The monoisotopic (exact) mass is 381 g/mol. The number of amides is 1. The molecule has 0 aliphatic carbocycles. The van der Waals surface area contributed by atoms with Gasteiger partial charge >= 0.3 is 0 Å². The number of aryl methyl sites for hydroxylation is 1. The van der Waals surface area contributed by atoms with E-state index in [4.69, 9.17) is 5.73 Å². The van der Waals surface area contributed by atoms with Gasteiger partial charge in [-0.25, -0.2) is 0 Å². The molecule has 0 aromatic heterocycles. The van der Waals surface area contributed by atoms with Crippen LogP contribution in [-0.4, -0.2) is 27.0 Å². The fourth-order valence-electron chi connectivity index (χ4n) is 3.19. The summed E-state index contributed by atoms with van der Waals surface area (Å²) in [5, 5.41) is 0.943. The third-order valence-corrected chi connectivity index (χ3v) is 5.64. The molecule has 3 aromatic rings. The molecule has 5 nitrogen and oxygen atoms in total. The zero-order valence-electron chi connectivity index (χ0n) is 15.0. The number of carbonyl (C=O) groups is 1. The van der Waals surface area contributed by atoms with Gasteiger partial charge in [0, 0.05) is 18.4 Å². The van der Waals surface area contributed by atoms with E-state index in [0.717, 1.165) is 27.7 Å². The van der Waals surface area contributed by atoms with E-state index in [9.17, 15) is 13.6 Å².